The second-order valence-corrected chi connectivity index (χ2v) is 9.36. The van der Waals surface area contributed by atoms with Gasteiger partial charge in [0.05, 0.1) is 5.56 Å². The third-order valence-corrected chi connectivity index (χ3v) is 7.06. The van der Waals surface area contributed by atoms with Crippen LogP contribution < -0.4 is 4.74 Å². The first kappa shape index (κ1) is 19.7. The van der Waals surface area contributed by atoms with E-state index in [0.29, 0.717) is 27.5 Å². The number of benzene rings is 2. The molecule has 0 radical (unpaired) electrons. The Morgan fingerprint density at radius 3 is 2.66 bits per heavy atom. The second kappa shape index (κ2) is 8.05. The van der Waals surface area contributed by atoms with Crippen LogP contribution in [0.1, 0.15) is 16.2 Å². The Bertz CT molecular complexity index is 1150. The molecule has 0 bridgehead atoms. The number of aromatic amines is 1. The highest BCUT2D eigenvalue weighted by Gasteiger charge is 2.40. The van der Waals surface area contributed by atoms with Gasteiger partial charge in [-0.15, -0.1) is 5.10 Å². The van der Waals surface area contributed by atoms with Crippen LogP contribution in [0.15, 0.2) is 58.6 Å². The minimum absolute atomic E-state index is 0.0334. The predicted octanol–water partition coefficient (Wildman–Crippen LogP) is 2.97. The summed E-state index contributed by atoms with van der Waals surface area (Å²) in [5.74, 6) is 0.999. The molecule has 2 heterocycles. The quantitative estimate of drug-likeness (QED) is 0.551. The fraction of sp³-hybridized carbons (Fsp3) is 0.167. The molecule has 1 amide bonds. The van der Waals surface area contributed by atoms with E-state index in [2.05, 4.69) is 15.2 Å². The first-order chi connectivity index (χ1) is 13.9. The number of fused-ring (bicyclic) bond motifs is 1. The van der Waals surface area contributed by atoms with Crippen LogP contribution in [0.25, 0.3) is 0 Å². The van der Waals surface area contributed by atoms with Crippen LogP contribution in [0.5, 0.6) is 5.75 Å². The van der Waals surface area contributed by atoms with Crippen LogP contribution in [0, 0.1) is 0 Å². The van der Waals surface area contributed by atoms with Gasteiger partial charge in [-0.3, -0.25) is 9.89 Å². The molecule has 3 aromatic rings. The summed E-state index contributed by atoms with van der Waals surface area (Å²) in [5.41, 5.74) is 0.206. The molecule has 11 heteroatoms. The van der Waals surface area contributed by atoms with E-state index in [0.717, 1.165) is 4.31 Å². The average molecular weight is 451 g/mol. The molecule has 0 saturated heterocycles. The normalized spacial score (nSPS) is 14.8. The molecule has 1 aliphatic rings. The number of thioether (sulfide) groups is 1. The number of nitrogens with zero attached hydrogens (tertiary/aromatic N) is 3. The Hall–Kier alpha value is -2.56. The number of halogens is 1. The van der Waals surface area contributed by atoms with Crippen molar-refractivity contribution in [1.82, 2.24) is 19.5 Å². The van der Waals surface area contributed by atoms with E-state index in [1.807, 2.05) is 0 Å². The smallest absolute Gasteiger partial charge is 0.269 e. The van der Waals surface area contributed by atoms with Crippen molar-refractivity contribution in [3.8, 4) is 5.75 Å². The summed E-state index contributed by atoms with van der Waals surface area (Å²) in [5, 5.41) is 7.92. The van der Waals surface area contributed by atoms with Crippen LogP contribution in [0.3, 0.4) is 0 Å². The van der Waals surface area contributed by atoms with Crippen molar-refractivity contribution < 1.29 is 17.9 Å². The van der Waals surface area contributed by atoms with E-state index in [1.54, 1.807) is 36.4 Å². The summed E-state index contributed by atoms with van der Waals surface area (Å²) in [4.78, 5) is 16.7. The molecule has 150 valence electrons. The number of carbonyl (C=O) groups excluding carboxylic acids is 1. The lowest BCUT2D eigenvalue weighted by Gasteiger charge is -2.13. The standard InChI is InChI=1S/C18H15ClN4O4S2/c19-12-5-7-13(8-6-12)27-11-16-20-18(22-21-16)28-10-9-23-17(24)14-3-1-2-4-15(14)29(23,25)26/h1-8H,9-11H2,(H,20,21,22). The van der Waals surface area contributed by atoms with Crippen molar-refractivity contribution in [2.75, 3.05) is 12.3 Å². The van der Waals surface area contributed by atoms with E-state index in [9.17, 15) is 13.2 Å². The van der Waals surface area contributed by atoms with Crippen molar-refractivity contribution in [2.45, 2.75) is 16.7 Å². The van der Waals surface area contributed by atoms with Crippen molar-refractivity contribution in [2.24, 2.45) is 0 Å². The number of rotatable bonds is 7. The summed E-state index contributed by atoms with van der Waals surface area (Å²) in [6, 6.07) is 13.2. The fourth-order valence-electron chi connectivity index (χ4n) is 2.76. The Balaban J connectivity index is 1.32. The molecule has 1 N–H and O–H groups in total. The van der Waals surface area contributed by atoms with Gasteiger partial charge in [-0.25, -0.2) is 17.7 Å². The number of sulfonamides is 1. The van der Waals surface area contributed by atoms with Crippen molar-refractivity contribution >= 4 is 39.3 Å². The highest BCUT2D eigenvalue weighted by Crippen LogP contribution is 2.30. The Labute approximate surface area is 176 Å². The maximum absolute atomic E-state index is 12.5. The number of ether oxygens (including phenoxy) is 1. The summed E-state index contributed by atoms with van der Waals surface area (Å²) < 4.78 is 31.5. The van der Waals surface area contributed by atoms with Crippen molar-refractivity contribution in [3.05, 3.63) is 64.9 Å². The predicted molar refractivity (Wildman–Crippen MR) is 108 cm³/mol. The molecule has 0 atom stereocenters. The number of hydrogen-bond donors (Lipinski definition) is 1. The van der Waals surface area contributed by atoms with E-state index in [1.165, 1.54) is 23.9 Å². The molecule has 0 saturated carbocycles. The molecule has 0 spiro atoms. The van der Waals surface area contributed by atoms with Crippen molar-refractivity contribution in [3.63, 3.8) is 0 Å². The number of amides is 1. The molecule has 29 heavy (non-hydrogen) atoms. The number of carbonyl (C=O) groups is 1. The minimum Gasteiger partial charge on any atom is -0.486 e. The molecular weight excluding hydrogens is 436 g/mol. The minimum atomic E-state index is -3.79. The van der Waals surface area contributed by atoms with Gasteiger partial charge < -0.3 is 4.74 Å². The van der Waals surface area contributed by atoms with Gasteiger partial charge in [0.15, 0.2) is 5.82 Å². The third kappa shape index (κ3) is 4.09. The van der Waals surface area contributed by atoms with Gasteiger partial charge in [0.25, 0.3) is 15.9 Å². The van der Waals surface area contributed by atoms with E-state index in [4.69, 9.17) is 16.3 Å². The highest BCUT2D eigenvalue weighted by atomic mass is 35.5. The summed E-state index contributed by atoms with van der Waals surface area (Å²) in [6.45, 7) is 0.231. The van der Waals surface area contributed by atoms with Gasteiger partial charge in [-0.2, -0.15) is 0 Å². The zero-order chi connectivity index (χ0) is 20.4. The number of H-pyrrole nitrogens is 1. The topological polar surface area (TPSA) is 105 Å². The Kier molecular flexibility index (Phi) is 5.48. The van der Waals surface area contributed by atoms with Crippen LogP contribution >= 0.6 is 23.4 Å². The van der Waals surface area contributed by atoms with Crippen LogP contribution in [-0.4, -0.2) is 46.1 Å². The van der Waals surface area contributed by atoms with E-state index in [-0.39, 0.29) is 23.6 Å². The van der Waals surface area contributed by atoms with Gasteiger partial charge in [0.1, 0.15) is 17.3 Å². The van der Waals surface area contributed by atoms with Gasteiger partial charge in [-0.05, 0) is 36.4 Å². The molecule has 0 aliphatic carbocycles. The first-order valence-electron chi connectivity index (χ1n) is 8.54. The maximum atomic E-state index is 12.5. The lowest BCUT2D eigenvalue weighted by atomic mass is 10.2. The third-order valence-electron chi connectivity index (χ3n) is 4.14. The molecule has 2 aromatic carbocycles. The number of nitrogens with one attached hydrogen (secondary N) is 1. The molecule has 4 rings (SSSR count). The fourth-order valence-corrected chi connectivity index (χ4v) is 5.31. The molecule has 1 aliphatic heterocycles. The van der Waals surface area contributed by atoms with Crippen LogP contribution in [-0.2, 0) is 16.6 Å². The van der Waals surface area contributed by atoms with Gasteiger partial charge >= 0.3 is 0 Å². The molecular formula is C18H15ClN4O4S2. The SMILES string of the molecule is O=C1c2ccccc2S(=O)(=O)N1CCSc1n[nH]c(COc2ccc(Cl)cc2)n1. The zero-order valence-corrected chi connectivity index (χ0v) is 17.3. The number of aromatic nitrogens is 3. The summed E-state index contributed by atoms with van der Waals surface area (Å²) in [7, 11) is -3.79. The lowest BCUT2D eigenvalue weighted by molar-refractivity contribution is 0.0876. The van der Waals surface area contributed by atoms with E-state index >= 15 is 0 Å². The summed E-state index contributed by atoms with van der Waals surface area (Å²) >= 11 is 7.08. The zero-order valence-electron chi connectivity index (χ0n) is 14.9. The van der Waals surface area contributed by atoms with Gasteiger partial charge in [-0.1, -0.05) is 35.5 Å². The Morgan fingerprint density at radius 2 is 1.90 bits per heavy atom. The van der Waals surface area contributed by atoms with Crippen LogP contribution in [0.4, 0.5) is 0 Å². The summed E-state index contributed by atoms with van der Waals surface area (Å²) in [6.07, 6.45) is 0. The molecule has 1 aromatic heterocycles. The molecule has 0 unspecified atom stereocenters. The largest absolute Gasteiger partial charge is 0.486 e. The average Bonchev–Trinajstić information content (AvgIpc) is 3.24. The van der Waals surface area contributed by atoms with Crippen LogP contribution in [0.2, 0.25) is 5.02 Å². The highest BCUT2D eigenvalue weighted by molar-refractivity contribution is 7.99. The number of hydrogen-bond acceptors (Lipinski definition) is 7. The monoisotopic (exact) mass is 450 g/mol. The Morgan fingerprint density at radius 1 is 1.14 bits per heavy atom. The first-order valence-corrected chi connectivity index (χ1v) is 11.3. The maximum Gasteiger partial charge on any atom is 0.269 e. The van der Waals surface area contributed by atoms with Gasteiger partial charge in [0, 0.05) is 17.3 Å². The van der Waals surface area contributed by atoms with Crippen molar-refractivity contribution in [1.29, 1.82) is 0 Å². The van der Waals surface area contributed by atoms with E-state index < -0.39 is 15.9 Å². The lowest BCUT2D eigenvalue weighted by Crippen LogP contribution is -2.32. The molecule has 8 nitrogen and oxygen atoms in total. The van der Waals surface area contributed by atoms with Gasteiger partial charge in [0.2, 0.25) is 5.16 Å². The molecule has 0 fully saturated rings. The second-order valence-electron chi connectivity index (χ2n) is 6.03.